The molecule has 6 N–H and O–H groups in total. The number of ether oxygens (including phenoxy) is 6. The van der Waals surface area contributed by atoms with Gasteiger partial charge < -0.3 is 59.1 Å². The Hall–Kier alpha value is -3.60. The zero-order valence-corrected chi connectivity index (χ0v) is 48.1. The van der Waals surface area contributed by atoms with E-state index in [-0.39, 0.29) is 127 Å². The molecule has 430 valence electrons. The number of nitrogens with one attached hydrogen (secondary N) is 4. The van der Waals surface area contributed by atoms with E-state index in [1.165, 1.54) is 0 Å². The van der Waals surface area contributed by atoms with Crippen LogP contribution in [0.15, 0.2) is 82.6 Å². The monoisotopic (exact) mass is 1200 g/mol. The first-order valence-corrected chi connectivity index (χ1v) is 29.7. The number of hydrogen-bond acceptors (Lipinski definition) is 16. The normalized spacial score (nSPS) is 16.8. The van der Waals surface area contributed by atoms with Crippen LogP contribution in [-0.2, 0) is 71.1 Å². The van der Waals surface area contributed by atoms with E-state index in [4.69, 9.17) is 74.8 Å². The fourth-order valence-electron chi connectivity index (χ4n) is 8.79. The van der Waals surface area contributed by atoms with Gasteiger partial charge in [-0.25, -0.2) is 26.3 Å². The minimum absolute atomic E-state index is 0.00803. The molecule has 20 nitrogen and oxygen atoms in total. The zero-order valence-electron chi connectivity index (χ0n) is 43.4. The minimum Gasteiger partial charge on any atom is -0.380 e. The predicted octanol–water partition coefficient (Wildman–Crippen LogP) is 3.77. The molecule has 0 bridgehead atoms. The van der Waals surface area contributed by atoms with Crippen molar-refractivity contribution in [1.82, 2.24) is 29.9 Å². The van der Waals surface area contributed by atoms with Gasteiger partial charge in [-0.05, 0) is 96.0 Å². The van der Waals surface area contributed by atoms with Gasteiger partial charge in [-0.15, -0.1) is 0 Å². The van der Waals surface area contributed by atoms with Gasteiger partial charge in [-0.3, -0.25) is 9.59 Å². The average Bonchev–Trinajstić information content (AvgIpc) is 3.50. The lowest BCUT2D eigenvalue weighted by Crippen LogP contribution is -2.50. The number of fused-ring (bicyclic) bond motifs is 2. The van der Waals surface area contributed by atoms with E-state index >= 15 is 0 Å². The molecule has 2 aliphatic rings. The summed E-state index contributed by atoms with van der Waals surface area (Å²) in [6, 6.07) is 20.9. The maximum atomic E-state index is 13.1. The summed E-state index contributed by atoms with van der Waals surface area (Å²) in [4.78, 5) is 29.1. The standard InChI is InChI=1S/C52H68Cl4N6O14S2/c1-61-31-43(41-27-37(53)29-47(55)45(41)33-61)35-5-3-7-39(25-35)77(67,68)59-11-15-73-19-23-75-21-17-71-13-9-57-51(65)49(63)50(64)52(66)58-10-14-72-18-22-76-24-20-74-16-12-60-78(69,70)40-8-4-6-36(26-40)44-32-62(2)34-46-42(44)28-38(54)30-48(46)56/h3-8,25-30,43-44,49-50,59-60,63-64H,9-24,31-34H2,1-2H3,(H,57,65)(H,58,66). The van der Waals surface area contributed by atoms with Gasteiger partial charge in [0.15, 0.2) is 12.2 Å². The number of amides is 2. The third-order valence-corrected chi connectivity index (χ3v) is 16.6. The lowest BCUT2D eigenvalue weighted by Gasteiger charge is -2.33. The number of carbonyl (C=O) groups is 2. The Labute approximate surface area is 476 Å². The lowest BCUT2D eigenvalue weighted by molar-refractivity contribution is -0.146. The number of nitrogens with zero attached hydrogens (tertiary/aromatic N) is 2. The molecule has 4 aromatic carbocycles. The van der Waals surface area contributed by atoms with Gasteiger partial charge in [0.05, 0.1) is 89.1 Å². The highest BCUT2D eigenvalue weighted by atomic mass is 35.5. The highest BCUT2D eigenvalue weighted by Gasteiger charge is 2.32. The number of halogens is 4. The van der Waals surface area contributed by atoms with E-state index in [0.717, 1.165) is 33.4 Å². The Balaban J connectivity index is 0.717. The van der Waals surface area contributed by atoms with Crippen LogP contribution in [0.4, 0.5) is 0 Å². The van der Waals surface area contributed by atoms with E-state index in [9.17, 15) is 36.6 Å². The topological polar surface area (TPSA) is 253 Å². The van der Waals surface area contributed by atoms with Gasteiger partial charge in [-0.1, -0.05) is 70.7 Å². The second kappa shape index (κ2) is 31.6. The summed E-state index contributed by atoms with van der Waals surface area (Å²) in [7, 11) is -3.67. The molecule has 4 aromatic rings. The molecule has 0 fully saturated rings. The second-order valence-electron chi connectivity index (χ2n) is 18.5. The van der Waals surface area contributed by atoms with E-state index in [1.807, 2.05) is 38.4 Å². The number of rotatable bonds is 33. The highest BCUT2D eigenvalue weighted by molar-refractivity contribution is 7.89. The molecular weight excluding hydrogens is 1140 g/mol. The molecule has 0 radical (unpaired) electrons. The molecule has 4 unspecified atom stereocenters. The number of aliphatic hydroxyl groups excluding tert-OH is 2. The van der Waals surface area contributed by atoms with Crippen molar-refractivity contribution in [3.05, 3.63) is 126 Å². The third kappa shape index (κ3) is 19.3. The number of benzene rings is 4. The summed E-state index contributed by atoms with van der Waals surface area (Å²) in [6.07, 6.45) is -4.04. The van der Waals surface area contributed by atoms with E-state index in [1.54, 1.807) is 48.5 Å². The number of carbonyl (C=O) groups excluding carboxylic acids is 2. The largest absolute Gasteiger partial charge is 0.380 e. The molecule has 2 amide bonds. The van der Waals surface area contributed by atoms with Crippen LogP contribution in [0.25, 0.3) is 0 Å². The molecule has 0 spiro atoms. The summed E-state index contributed by atoms with van der Waals surface area (Å²) < 4.78 is 90.4. The Bertz CT molecular complexity index is 2650. The van der Waals surface area contributed by atoms with Crippen molar-refractivity contribution in [2.75, 3.05) is 133 Å². The van der Waals surface area contributed by atoms with Crippen LogP contribution in [0.3, 0.4) is 0 Å². The molecule has 4 atom stereocenters. The van der Waals surface area contributed by atoms with Crippen molar-refractivity contribution in [1.29, 1.82) is 0 Å². The third-order valence-electron chi connectivity index (χ3n) is 12.6. The average molecular weight is 1210 g/mol. The first-order chi connectivity index (χ1) is 37.3. The van der Waals surface area contributed by atoms with Crippen LogP contribution >= 0.6 is 46.4 Å². The molecule has 6 rings (SSSR count). The first-order valence-electron chi connectivity index (χ1n) is 25.2. The van der Waals surface area contributed by atoms with Gasteiger partial charge in [0.2, 0.25) is 20.0 Å². The highest BCUT2D eigenvalue weighted by Crippen LogP contribution is 2.40. The van der Waals surface area contributed by atoms with Crippen molar-refractivity contribution in [3.8, 4) is 0 Å². The molecule has 0 saturated carbocycles. The molecule has 78 heavy (non-hydrogen) atoms. The molecular formula is C52H68Cl4N6O14S2. The van der Waals surface area contributed by atoms with Crippen LogP contribution in [0.2, 0.25) is 20.1 Å². The SMILES string of the molecule is CN1Cc2c(Cl)cc(Cl)cc2C(c2cccc(S(=O)(=O)NCCOCCOCCOCCNC(=O)C(O)C(O)C(=O)NCCOCCOCCOCCNS(=O)(=O)c3cccc(C4CN(C)Cc5c(Cl)cc(Cl)cc54)c3)c2)C1. The first kappa shape index (κ1) is 63.6. The number of likely N-dealkylation sites (N-methyl/N-ethyl adjacent to an activating group) is 2. The molecule has 2 heterocycles. The van der Waals surface area contributed by atoms with Crippen LogP contribution in [0.1, 0.15) is 45.2 Å². The van der Waals surface area contributed by atoms with Crippen LogP contribution in [0, 0.1) is 0 Å². The minimum atomic E-state index is -3.82. The van der Waals surface area contributed by atoms with Crippen molar-refractivity contribution >= 4 is 78.3 Å². The van der Waals surface area contributed by atoms with E-state index in [0.29, 0.717) is 46.3 Å². The number of aliphatic hydroxyl groups is 2. The van der Waals surface area contributed by atoms with Gasteiger partial charge in [0.25, 0.3) is 11.8 Å². The zero-order chi connectivity index (χ0) is 56.2. The second-order valence-corrected chi connectivity index (χ2v) is 23.7. The van der Waals surface area contributed by atoms with Crippen molar-refractivity contribution in [2.45, 2.75) is 46.9 Å². The van der Waals surface area contributed by atoms with Crippen molar-refractivity contribution < 1.29 is 65.1 Å². The maximum absolute atomic E-state index is 13.1. The van der Waals surface area contributed by atoms with Gasteiger partial charge in [-0.2, -0.15) is 0 Å². The van der Waals surface area contributed by atoms with E-state index < -0.39 is 44.1 Å². The van der Waals surface area contributed by atoms with Gasteiger partial charge in [0.1, 0.15) is 0 Å². The fraction of sp³-hybridized carbons (Fsp3) is 0.500. The van der Waals surface area contributed by atoms with Crippen molar-refractivity contribution in [2.24, 2.45) is 0 Å². The fourth-order valence-corrected chi connectivity index (χ4v) is 12.1. The number of hydrogen-bond donors (Lipinski definition) is 6. The van der Waals surface area contributed by atoms with E-state index in [2.05, 4.69) is 29.9 Å². The Kier molecular flexibility index (Phi) is 25.7. The Morgan fingerprint density at radius 1 is 0.526 bits per heavy atom. The quantitative estimate of drug-likeness (QED) is 0.0372. The lowest BCUT2D eigenvalue weighted by atomic mass is 9.85. The van der Waals surface area contributed by atoms with Crippen molar-refractivity contribution in [3.63, 3.8) is 0 Å². The van der Waals surface area contributed by atoms with Crippen LogP contribution in [-0.4, -0.2) is 194 Å². The molecule has 26 heteroatoms. The maximum Gasteiger partial charge on any atom is 0.252 e. The summed E-state index contributed by atoms with van der Waals surface area (Å²) >= 11 is 25.7. The summed E-state index contributed by atoms with van der Waals surface area (Å²) in [5, 5.41) is 27.3. The summed E-state index contributed by atoms with van der Waals surface area (Å²) in [6.45, 7) is 4.80. The van der Waals surface area contributed by atoms with Gasteiger partial charge in [0, 0.05) is 84.3 Å². The molecule has 0 aliphatic carbocycles. The molecule has 0 saturated heterocycles. The molecule has 2 aliphatic heterocycles. The molecule has 0 aromatic heterocycles. The van der Waals surface area contributed by atoms with Crippen LogP contribution < -0.4 is 20.1 Å². The summed E-state index contributed by atoms with van der Waals surface area (Å²) in [5.41, 5.74) is 5.57. The van der Waals surface area contributed by atoms with Gasteiger partial charge >= 0.3 is 0 Å². The number of sulfonamides is 2. The van der Waals surface area contributed by atoms with Crippen LogP contribution in [0.5, 0.6) is 0 Å². The Morgan fingerprint density at radius 3 is 1.22 bits per heavy atom. The Morgan fingerprint density at radius 2 is 0.859 bits per heavy atom. The summed E-state index contributed by atoms with van der Waals surface area (Å²) in [5.74, 6) is -2.15. The smallest absolute Gasteiger partial charge is 0.252 e. The predicted molar refractivity (Wildman–Crippen MR) is 295 cm³/mol.